The molecule has 4 aliphatic rings. The largest absolute Gasteiger partial charge is 0.480 e. The van der Waals surface area contributed by atoms with Crippen LogP contribution < -0.4 is 14.4 Å². The minimum atomic E-state index is -1.18. The lowest BCUT2D eigenvalue weighted by Gasteiger charge is -2.53. The Morgan fingerprint density at radius 3 is 2.78 bits per heavy atom. The van der Waals surface area contributed by atoms with Gasteiger partial charge in [-0.25, -0.2) is 9.37 Å². The summed E-state index contributed by atoms with van der Waals surface area (Å²) in [5, 5.41) is 19.7. The smallest absolute Gasteiger partial charge is 0.319 e. The Morgan fingerprint density at radius 1 is 1.16 bits per heavy atom. The van der Waals surface area contributed by atoms with Crippen LogP contribution in [0.15, 0.2) is 12.3 Å². The topological polar surface area (TPSA) is 131 Å². The summed E-state index contributed by atoms with van der Waals surface area (Å²) in [6, 6.07) is 2.79. The molecule has 3 aromatic heterocycles. The van der Waals surface area contributed by atoms with E-state index in [1.165, 1.54) is 7.11 Å². The van der Waals surface area contributed by atoms with E-state index in [0.717, 1.165) is 51.5 Å². The fourth-order valence-corrected chi connectivity index (χ4v) is 9.15. The summed E-state index contributed by atoms with van der Waals surface area (Å²) in [7, 11) is 3.29. The van der Waals surface area contributed by atoms with E-state index in [0.29, 0.717) is 76.2 Å². The van der Waals surface area contributed by atoms with E-state index in [1.54, 1.807) is 26.3 Å². The molecule has 0 radical (unpaired) electrons. The number of aliphatic hydroxyl groups is 1. The lowest BCUT2D eigenvalue weighted by atomic mass is 9.73. The maximum atomic E-state index is 17.2. The number of piperidine rings is 1. The molecule has 50 heavy (non-hydrogen) atoms. The Balaban J connectivity index is 1.23. The number of anilines is 1. The molecule has 2 saturated carbocycles. The Morgan fingerprint density at radius 2 is 1.98 bits per heavy atom. The molecular weight excluding hydrogens is 665 g/mol. The lowest BCUT2D eigenvalue weighted by molar-refractivity contribution is -0.0845. The van der Waals surface area contributed by atoms with Crippen LogP contribution in [0, 0.1) is 18.2 Å². The Kier molecular flexibility index (Phi) is 8.78. The van der Waals surface area contributed by atoms with Crippen molar-refractivity contribution in [1.29, 1.82) is 0 Å². The predicted molar refractivity (Wildman–Crippen MR) is 188 cm³/mol. The maximum absolute atomic E-state index is 17.2. The number of methoxy groups -OCH3 is 2. The van der Waals surface area contributed by atoms with E-state index in [1.807, 2.05) is 11.8 Å². The van der Waals surface area contributed by atoms with Crippen LogP contribution in [0.2, 0.25) is 5.02 Å². The number of halogens is 2. The van der Waals surface area contributed by atoms with Gasteiger partial charge in [-0.3, -0.25) is 10.00 Å². The van der Waals surface area contributed by atoms with Crippen LogP contribution in [-0.2, 0) is 9.47 Å². The van der Waals surface area contributed by atoms with Gasteiger partial charge in [0.1, 0.15) is 28.0 Å². The highest BCUT2D eigenvalue weighted by molar-refractivity contribution is 6.33. The van der Waals surface area contributed by atoms with E-state index in [4.69, 9.17) is 45.5 Å². The third-order valence-electron chi connectivity index (χ3n) is 11.5. The van der Waals surface area contributed by atoms with Crippen LogP contribution in [0.3, 0.4) is 0 Å². The Labute approximate surface area is 295 Å². The second-order valence-electron chi connectivity index (χ2n) is 14.9. The maximum Gasteiger partial charge on any atom is 0.319 e. The fourth-order valence-electron chi connectivity index (χ4n) is 8.95. The van der Waals surface area contributed by atoms with Crippen LogP contribution in [0.4, 0.5) is 10.2 Å². The summed E-state index contributed by atoms with van der Waals surface area (Å²) in [4.78, 5) is 19.0. The van der Waals surface area contributed by atoms with Crippen LogP contribution in [0.25, 0.3) is 33.1 Å². The molecule has 8 rings (SSSR count). The quantitative estimate of drug-likeness (QED) is 0.242. The van der Waals surface area contributed by atoms with Crippen molar-refractivity contribution in [2.24, 2.45) is 5.41 Å². The van der Waals surface area contributed by atoms with Gasteiger partial charge < -0.3 is 29.0 Å². The van der Waals surface area contributed by atoms with Crippen molar-refractivity contribution in [2.75, 3.05) is 58.6 Å². The molecule has 2 aliphatic heterocycles. The van der Waals surface area contributed by atoms with Crippen molar-refractivity contribution in [3.8, 4) is 23.1 Å². The molecule has 4 fully saturated rings. The molecular formula is C36H45ClFN7O5. The first-order valence-corrected chi connectivity index (χ1v) is 18.0. The third-order valence-corrected chi connectivity index (χ3v) is 11.9. The number of hydrogen-bond donors (Lipinski definition) is 2. The number of β-amino-alcohol motifs (C(OH)–C–C–N with tert-alkyl or cyclic N) is 1. The first-order valence-electron chi connectivity index (χ1n) is 17.7. The third kappa shape index (κ3) is 5.75. The minimum absolute atomic E-state index is 0.0125. The zero-order chi connectivity index (χ0) is 34.8. The van der Waals surface area contributed by atoms with E-state index in [2.05, 4.69) is 15.1 Å². The van der Waals surface area contributed by atoms with Gasteiger partial charge in [0.15, 0.2) is 5.82 Å². The summed E-state index contributed by atoms with van der Waals surface area (Å²) >= 11 is 6.63. The number of rotatable bonds is 8. The van der Waals surface area contributed by atoms with Gasteiger partial charge in [-0.15, -0.1) is 0 Å². The molecule has 0 spiro atoms. The highest BCUT2D eigenvalue weighted by Gasteiger charge is 2.52. The lowest BCUT2D eigenvalue weighted by Crippen LogP contribution is -2.59. The SMILES string of the molecule is COc1nc(-c2c(C)c(Cl)cc3[nH]ncc23)c(F)c2nc(OCC34CCCC3N(C3CC(OC)C3)CCC4)nc(N3CCOCC(C)(O)C3)c12. The summed E-state index contributed by atoms with van der Waals surface area (Å²) in [6.45, 7) is 6.16. The molecule has 2 saturated heterocycles. The van der Waals surface area contributed by atoms with Crippen molar-refractivity contribution in [3.05, 3.63) is 28.7 Å². The van der Waals surface area contributed by atoms with E-state index >= 15 is 4.39 Å². The number of fused-ring (bicyclic) bond motifs is 3. The van der Waals surface area contributed by atoms with Gasteiger partial charge in [0, 0.05) is 47.1 Å². The molecule has 0 bridgehead atoms. The zero-order valence-electron chi connectivity index (χ0n) is 29.1. The molecule has 3 atom stereocenters. The van der Waals surface area contributed by atoms with Crippen molar-refractivity contribution in [1.82, 2.24) is 30.0 Å². The van der Waals surface area contributed by atoms with Gasteiger partial charge in [-0.05, 0) is 70.5 Å². The van der Waals surface area contributed by atoms with Gasteiger partial charge >= 0.3 is 6.01 Å². The number of H-pyrrole nitrogens is 1. The standard InChI is InChI=1S/C36H45ClFN7O5/c1-20-24(37)15-25-23(16-39-43-25)27(20)30-29(38)31-28(33(40-30)48-4)32(44-11-12-49-18-35(2,46)17-44)42-34(41-31)50-19-36-8-5-7-26(36)45(10-6-9-36)21-13-22(14-21)47-3/h15-16,21-22,26,46H,5-14,17-19H2,1-4H3,(H,39,43). The summed E-state index contributed by atoms with van der Waals surface area (Å²) in [5.74, 6) is -0.142. The number of ether oxygens (including phenoxy) is 4. The van der Waals surface area contributed by atoms with Crippen LogP contribution in [0.1, 0.15) is 57.4 Å². The first kappa shape index (κ1) is 33.8. The van der Waals surface area contributed by atoms with Gasteiger partial charge in [-0.2, -0.15) is 15.1 Å². The van der Waals surface area contributed by atoms with E-state index in [-0.39, 0.29) is 41.7 Å². The monoisotopic (exact) mass is 709 g/mol. The molecule has 3 unspecified atom stereocenters. The van der Waals surface area contributed by atoms with Crippen LogP contribution in [-0.4, -0.2) is 113 Å². The number of nitrogens with zero attached hydrogens (tertiary/aromatic N) is 6. The van der Waals surface area contributed by atoms with Crippen LogP contribution >= 0.6 is 11.6 Å². The first-order chi connectivity index (χ1) is 24.1. The number of benzene rings is 1. The molecule has 0 amide bonds. The zero-order valence-corrected chi connectivity index (χ0v) is 29.9. The molecule has 1 aromatic carbocycles. The van der Waals surface area contributed by atoms with Crippen molar-refractivity contribution in [3.63, 3.8) is 0 Å². The predicted octanol–water partition coefficient (Wildman–Crippen LogP) is 5.46. The van der Waals surface area contributed by atoms with Gasteiger partial charge in [-0.1, -0.05) is 18.0 Å². The van der Waals surface area contributed by atoms with Crippen molar-refractivity contribution < 1.29 is 28.4 Å². The normalized spacial score (nSPS) is 28.9. The number of nitrogens with one attached hydrogen (secondary N) is 1. The van der Waals surface area contributed by atoms with Gasteiger partial charge in [0.05, 0.1) is 51.3 Å². The molecule has 268 valence electrons. The summed E-state index contributed by atoms with van der Waals surface area (Å²) in [5.41, 5.74) is 0.629. The molecule has 2 N–H and O–H groups in total. The van der Waals surface area contributed by atoms with E-state index < -0.39 is 11.4 Å². The number of likely N-dealkylation sites (tertiary alicyclic amines) is 1. The minimum Gasteiger partial charge on any atom is -0.480 e. The Hall–Kier alpha value is -3.36. The second kappa shape index (κ2) is 13.0. The molecule has 2 aliphatic carbocycles. The van der Waals surface area contributed by atoms with Crippen molar-refractivity contribution >= 4 is 39.2 Å². The van der Waals surface area contributed by atoms with Gasteiger partial charge in [0.25, 0.3) is 0 Å². The fraction of sp³-hybridized carbons (Fsp3) is 0.611. The second-order valence-corrected chi connectivity index (χ2v) is 15.3. The summed E-state index contributed by atoms with van der Waals surface area (Å²) < 4.78 is 41.0. The number of aromatic amines is 1. The highest BCUT2D eigenvalue weighted by Crippen LogP contribution is 2.50. The van der Waals surface area contributed by atoms with Crippen molar-refractivity contribution in [2.45, 2.75) is 82.6 Å². The Bertz CT molecular complexity index is 1920. The molecule has 5 heterocycles. The van der Waals surface area contributed by atoms with Gasteiger partial charge in [0.2, 0.25) is 5.88 Å². The molecule has 4 aromatic rings. The van der Waals surface area contributed by atoms with E-state index in [9.17, 15) is 5.11 Å². The average molecular weight is 710 g/mol. The highest BCUT2D eigenvalue weighted by atomic mass is 35.5. The summed E-state index contributed by atoms with van der Waals surface area (Å²) in [6.07, 6.45) is 9.61. The molecule has 14 heteroatoms. The molecule has 12 nitrogen and oxygen atoms in total. The number of aromatic nitrogens is 5. The van der Waals surface area contributed by atoms with Crippen LogP contribution in [0.5, 0.6) is 11.9 Å². The average Bonchev–Trinajstić information content (AvgIpc) is 3.69. The number of hydrogen-bond acceptors (Lipinski definition) is 11. The number of pyridine rings is 1.